The van der Waals surface area contributed by atoms with Crippen molar-refractivity contribution in [3.05, 3.63) is 71.5 Å². The van der Waals surface area contributed by atoms with Crippen LogP contribution in [-0.2, 0) is 0 Å². The summed E-state index contributed by atoms with van der Waals surface area (Å²) in [6, 6.07) is 17.0. The third kappa shape index (κ3) is 2.05. The zero-order valence-corrected chi connectivity index (χ0v) is 12.4. The third-order valence-corrected chi connectivity index (χ3v) is 3.91. The summed E-state index contributed by atoms with van der Waals surface area (Å²) in [6.07, 6.45) is 3.51. The van der Waals surface area contributed by atoms with E-state index in [-0.39, 0.29) is 0 Å². The number of aromatic nitrogens is 2. The molecule has 1 aliphatic carbocycles. The van der Waals surface area contributed by atoms with Gasteiger partial charge in [-0.1, -0.05) is 36.4 Å². The van der Waals surface area contributed by atoms with Crippen molar-refractivity contribution in [3.63, 3.8) is 0 Å². The molecule has 0 saturated heterocycles. The van der Waals surface area contributed by atoms with Gasteiger partial charge >= 0.3 is 0 Å². The minimum Gasteiger partial charge on any atom is -0.250 e. The number of hydrogen-bond donors (Lipinski definition) is 0. The Hall–Kier alpha value is -3.83. The van der Waals surface area contributed by atoms with Gasteiger partial charge in [-0.3, -0.25) is 0 Å². The Kier molecular flexibility index (Phi) is 3.12. The molecule has 0 fully saturated rings. The second-order valence-corrected chi connectivity index (χ2v) is 5.25. The van der Waals surface area contributed by atoms with E-state index in [2.05, 4.69) is 16.0 Å². The average molecular weight is 307 g/mol. The smallest absolute Gasteiger partial charge is 0.206 e. The molecule has 0 atom stereocenters. The van der Waals surface area contributed by atoms with Crippen molar-refractivity contribution < 1.29 is 0 Å². The monoisotopic (exact) mass is 307 g/mol. The van der Waals surface area contributed by atoms with E-state index in [0.29, 0.717) is 22.7 Å². The van der Waals surface area contributed by atoms with Gasteiger partial charge in [-0.15, -0.1) is 0 Å². The molecule has 0 bridgehead atoms. The first-order valence-electron chi connectivity index (χ1n) is 7.26. The highest BCUT2D eigenvalue weighted by molar-refractivity contribution is 6.23. The van der Waals surface area contributed by atoms with Gasteiger partial charge in [0, 0.05) is 16.7 Å². The Morgan fingerprint density at radius 1 is 0.875 bits per heavy atom. The van der Waals surface area contributed by atoms with Crippen molar-refractivity contribution in [1.82, 2.24) is 9.97 Å². The minimum absolute atomic E-state index is 0.557. The standard InChI is InChI=1S/C19H9N5/c20-9-12-5-7-13(8-6-12)16-10-22-19-17(23-11-21)14-3-1-2-4-15(14)18(19)24-16/h1-8,10H. The van der Waals surface area contributed by atoms with Crippen LogP contribution in [0.3, 0.4) is 0 Å². The molecule has 0 N–H and O–H groups in total. The van der Waals surface area contributed by atoms with Crippen LogP contribution in [0, 0.1) is 22.8 Å². The van der Waals surface area contributed by atoms with Crippen molar-refractivity contribution in [2.45, 2.75) is 0 Å². The molecular weight excluding hydrogens is 298 g/mol. The highest BCUT2D eigenvalue weighted by atomic mass is 14.9. The summed E-state index contributed by atoms with van der Waals surface area (Å²) in [5, 5.41) is 17.8. The summed E-state index contributed by atoms with van der Waals surface area (Å²) in [4.78, 5) is 13.1. The highest BCUT2D eigenvalue weighted by Crippen LogP contribution is 2.35. The van der Waals surface area contributed by atoms with Gasteiger partial charge < -0.3 is 0 Å². The quantitative estimate of drug-likeness (QED) is 0.505. The van der Waals surface area contributed by atoms with E-state index >= 15 is 0 Å². The van der Waals surface area contributed by atoms with Crippen LogP contribution in [0.5, 0.6) is 0 Å². The third-order valence-electron chi connectivity index (χ3n) is 3.91. The number of rotatable bonds is 1. The lowest BCUT2D eigenvalue weighted by atomic mass is 10.1. The van der Waals surface area contributed by atoms with E-state index in [9.17, 15) is 0 Å². The summed E-state index contributed by atoms with van der Waals surface area (Å²) in [7, 11) is 0. The van der Waals surface area contributed by atoms with Crippen LogP contribution < -0.4 is 0 Å². The van der Waals surface area contributed by atoms with Crippen LogP contribution in [-0.4, -0.2) is 15.7 Å². The molecule has 3 aromatic rings. The van der Waals surface area contributed by atoms with Crippen LogP contribution in [0.1, 0.15) is 16.8 Å². The normalized spacial score (nSPS) is 13.0. The number of hydrogen-bond acceptors (Lipinski definition) is 5. The maximum atomic E-state index is 8.95. The van der Waals surface area contributed by atoms with E-state index in [1.165, 1.54) is 0 Å². The summed E-state index contributed by atoms with van der Waals surface area (Å²) in [5.74, 6) is 0. The van der Waals surface area contributed by atoms with Crippen molar-refractivity contribution in [2.75, 3.05) is 0 Å². The predicted octanol–water partition coefficient (Wildman–Crippen LogP) is 3.31. The van der Waals surface area contributed by atoms with Crippen molar-refractivity contribution in [2.24, 2.45) is 4.99 Å². The fraction of sp³-hybridized carbons (Fsp3) is 0. The molecule has 0 radical (unpaired) electrons. The molecule has 0 spiro atoms. The van der Waals surface area contributed by atoms with Gasteiger partial charge in [0.2, 0.25) is 6.19 Å². The lowest BCUT2D eigenvalue weighted by Gasteiger charge is -2.04. The van der Waals surface area contributed by atoms with E-state index < -0.39 is 0 Å². The van der Waals surface area contributed by atoms with Crippen LogP contribution in [0.15, 0.2) is 59.7 Å². The number of fused-ring (bicyclic) bond motifs is 3. The molecule has 5 heteroatoms. The molecule has 4 rings (SSSR count). The van der Waals surface area contributed by atoms with Crippen LogP contribution in [0.2, 0.25) is 0 Å². The largest absolute Gasteiger partial charge is 0.250 e. The lowest BCUT2D eigenvalue weighted by Crippen LogP contribution is -2.01. The number of nitriles is 2. The zero-order valence-electron chi connectivity index (χ0n) is 12.4. The van der Waals surface area contributed by atoms with Gasteiger partial charge in [0.25, 0.3) is 0 Å². The molecular formula is C19H9N5. The van der Waals surface area contributed by atoms with Crippen LogP contribution >= 0.6 is 0 Å². The Morgan fingerprint density at radius 3 is 2.33 bits per heavy atom. The molecule has 1 heterocycles. The zero-order chi connectivity index (χ0) is 16.5. The Bertz CT molecular complexity index is 1070. The summed E-state index contributed by atoms with van der Waals surface area (Å²) in [6.45, 7) is 0. The molecule has 1 aromatic heterocycles. The van der Waals surface area contributed by atoms with E-state index in [1.807, 2.05) is 42.6 Å². The SMILES string of the molecule is N#CN=C1c2ccccc2-c2nc(-c3ccc(C#N)cc3)cnc21. The van der Waals surface area contributed by atoms with Crippen molar-refractivity contribution >= 4 is 5.71 Å². The van der Waals surface area contributed by atoms with E-state index in [0.717, 1.165) is 22.4 Å². The minimum atomic E-state index is 0.557. The van der Waals surface area contributed by atoms with Gasteiger partial charge in [-0.25, -0.2) is 9.97 Å². The summed E-state index contributed by atoms with van der Waals surface area (Å²) >= 11 is 0. The molecule has 5 nitrogen and oxygen atoms in total. The molecule has 0 saturated carbocycles. The first kappa shape index (κ1) is 13.8. The maximum Gasteiger partial charge on any atom is 0.206 e. The van der Waals surface area contributed by atoms with Crippen LogP contribution in [0.25, 0.3) is 22.5 Å². The van der Waals surface area contributed by atoms with Gasteiger partial charge in [-0.2, -0.15) is 15.5 Å². The molecule has 110 valence electrons. The summed E-state index contributed by atoms with van der Waals surface area (Å²) < 4.78 is 0. The molecule has 0 aliphatic heterocycles. The fourth-order valence-corrected chi connectivity index (χ4v) is 2.79. The van der Waals surface area contributed by atoms with Crippen molar-refractivity contribution in [3.8, 4) is 34.8 Å². The van der Waals surface area contributed by atoms with Gasteiger partial charge in [0.15, 0.2) is 0 Å². The summed E-state index contributed by atoms with van der Waals surface area (Å²) in [5.41, 5.74) is 5.88. The van der Waals surface area contributed by atoms with E-state index in [4.69, 9.17) is 15.5 Å². The van der Waals surface area contributed by atoms with Crippen molar-refractivity contribution in [1.29, 1.82) is 10.5 Å². The predicted molar refractivity (Wildman–Crippen MR) is 88.9 cm³/mol. The van der Waals surface area contributed by atoms with Gasteiger partial charge in [-0.05, 0) is 12.1 Å². The number of nitrogens with zero attached hydrogens (tertiary/aromatic N) is 5. The fourth-order valence-electron chi connectivity index (χ4n) is 2.79. The Morgan fingerprint density at radius 2 is 1.62 bits per heavy atom. The number of aliphatic imine (C=N–C) groups is 1. The molecule has 0 unspecified atom stereocenters. The van der Waals surface area contributed by atoms with E-state index in [1.54, 1.807) is 18.3 Å². The molecule has 24 heavy (non-hydrogen) atoms. The maximum absolute atomic E-state index is 8.95. The lowest BCUT2D eigenvalue weighted by molar-refractivity contribution is 1.20. The topological polar surface area (TPSA) is 85.7 Å². The van der Waals surface area contributed by atoms with Crippen LogP contribution in [0.4, 0.5) is 0 Å². The molecule has 0 amide bonds. The second kappa shape index (κ2) is 5.42. The average Bonchev–Trinajstić information content (AvgIpc) is 2.96. The number of benzene rings is 2. The first-order chi connectivity index (χ1) is 11.8. The Balaban J connectivity index is 1.89. The first-order valence-corrected chi connectivity index (χ1v) is 7.26. The van der Waals surface area contributed by atoms with Gasteiger partial charge in [0.1, 0.15) is 11.4 Å². The highest BCUT2D eigenvalue weighted by Gasteiger charge is 2.28. The molecule has 2 aromatic carbocycles. The molecule has 1 aliphatic rings. The Labute approximate surface area is 138 Å². The second-order valence-electron chi connectivity index (χ2n) is 5.25. The van der Waals surface area contributed by atoms with Gasteiger partial charge in [0.05, 0.1) is 29.2 Å².